The first-order valence-electron chi connectivity index (χ1n) is 19.4. The Morgan fingerprint density at radius 2 is 1.51 bits per heavy atom. The molecule has 13 heteroatoms. The Morgan fingerprint density at radius 1 is 0.863 bits per heavy atom. The Hall–Kier alpha value is -1.63. The van der Waals surface area contributed by atoms with Gasteiger partial charge in [0.2, 0.25) is 0 Å². The van der Waals surface area contributed by atoms with Crippen LogP contribution in [-0.2, 0) is 32.9 Å². The zero-order valence-corrected chi connectivity index (χ0v) is 32.3. The lowest BCUT2D eigenvalue weighted by Gasteiger charge is -2.36. The number of carbonyl (C=O) groups excluding carboxylic acids is 2. The van der Waals surface area contributed by atoms with Crippen LogP contribution in [0.15, 0.2) is 24.3 Å². The number of esters is 2. The predicted octanol–water partition coefficient (Wildman–Crippen LogP) is 7.20. The van der Waals surface area contributed by atoms with Crippen LogP contribution in [0.3, 0.4) is 0 Å². The third-order valence-corrected chi connectivity index (χ3v) is 9.79. The van der Waals surface area contributed by atoms with E-state index in [9.17, 15) is 29.5 Å². The minimum absolute atomic E-state index is 0.0190. The van der Waals surface area contributed by atoms with Crippen molar-refractivity contribution in [3.8, 4) is 0 Å². The monoisotopic (exact) mass is 748 g/mol. The summed E-state index contributed by atoms with van der Waals surface area (Å²) in [5.74, 6) is -0.596. The van der Waals surface area contributed by atoms with Crippen molar-refractivity contribution in [3.63, 3.8) is 0 Å². The van der Waals surface area contributed by atoms with Gasteiger partial charge in [0, 0.05) is 25.2 Å². The van der Waals surface area contributed by atoms with Gasteiger partial charge >= 0.3 is 19.8 Å². The molecular formula is C38H69O12P. The molecule has 0 spiro atoms. The summed E-state index contributed by atoms with van der Waals surface area (Å²) in [6.45, 7) is 5.64. The van der Waals surface area contributed by atoms with Gasteiger partial charge in [-0.25, -0.2) is 4.57 Å². The number of rotatable bonds is 30. The number of phosphoric acid groups is 1. The van der Waals surface area contributed by atoms with Gasteiger partial charge in [0.1, 0.15) is 6.61 Å². The van der Waals surface area contributed by atoms with Gasteiger partial charge in [0.05, 0.1) is 24.9 Å². The molecule has 2 unspecified atom stereocenters. The lowest BCUT2D eigenvalue weighted by Crippen LogP contribution is -2.43. The lowest BCUT2D eigenvalue weighted by molar-refractivity contribution is -0.199. The summed E-state index contributed by atoms with van der Waals surface area (Å²) in [6, 6.07) is 0. The summed E-state index contributed by atoms with van der Waals surface area (Å²) in [5, 5.41) is 30.8. The van der Waals surface area contributed by atoms with Gasteiger partial charge < -0.3 is 39.3 Å². The van der Waals surface area contributed by atoms with Gasteiger partial charge in [-0.2, -0.15) is 0 Å². The highest BCUT2D eigenvalue weighted by atomic mass is 31.2. The fourth-order valence-corrected chi connectivity index (χ4v) is 6.28. The van der Waals surface area contributed by atoms with E-state index in [2.05, 4.69) is 25.3 Å². The van der Waals surface area contributed by atoms with Crippen LogP contribution in [0, 0.1) is 11.8 Å². The second-order valence-corrected chi connectivity index (χ2v) is 15.3. The maximum absolute atomic E-state index is 12.5. The normalized spacial score (nSPS) is 21.6. The van der Waals surface area contributed by atoms with Crippen LogP contribution in [0.4, 0.5) is 0 Å². The molecule has 7 atom stereocenters. The van der Waals surface area contributed by atoms with Gasteiger partial charge in [0.15, 0.2) is 12.4 Å². The molecule has 0 aromatic rings. The number of allylic oxidation sites excluding steroid dienone is 2. The maximum atomic E-state index is 12.5. The number of carbonyl (C=O) groups is 2. The van der Waals surface area contributed by atoms with E-state index in [0.717, 1.165) is 44.4 Å². The number of aliphatic hydroxyl groups is 3. The minimum Gasteiger partial charge on any atom is -0.462 e. The average molecular weight is 749 g/mol. The van der Waals surface area contributed by atoms with Crippen molar-refractivity contribution in [2.75, 3.05) is 13.2 Å². The molecule has 51 heavy (non-hydrogen) atoms. The number of phosphoric ester groups is 1. The number of aliphatic hydroxyl groups excluding tert-OH is 3. The molecule has 0 aromatic carbocycles. The largest absolute Gasteiger partial charge is 0.469 e. The topological polar surface area (TPSA) is 189 Å². The highest BCUT2D eigenvalue weighted by molar-refractivity contribution is 7.46. The van der Waals surface area contributed by atoms with Crippen LogP contribution < -0.4 is 0 Å². The first kappa shape index (κ1) is 47.4. The van der Waals surface area contributed by atoms with E-state index in [1.165, 1.54) is 38.5 Å². The average Bonchev–Trinajstić information content (AvgIpc) is 3.07. The van der Waals surface area contributed by atoms with Crippen molar-refractivity contribution >= 4 is 19.8 Å². The fourth-order valence-electron chi connectivity index (χ4n) is 5.92. The molecule has 0 bridgehead atoms. The van der Waals surface area contributed by atoms with E-state index in [-0.39, 0.29) is 31.8 Å². The first-order chi connectivity index (χ1) is 24.3. The Labute approximate surface area is 306 Å². The highest BCUT2D eigenvalue weighted by Crippen LogP contribution is 2.36. The molecule has 1 saturated heterocycles. The summed E-state index contributed by atoms with van der Waals surface area (Å²) < 4.78 is 31.9. The van der Waals surface area contributed by atoms with Crippen molar-refractivity contribution in [3.05, 3.63) is 24.3 Å². The molecule has 5 N–H and O–H groups in total. The van der Waals surface area contributed by atoms with Crippen LogP contribution in [0.5, 0.6) is 0 Å². The molecule has 0 saturated carbocycles. The Kier molecular flexibility index (Phi) is 26.8. The quantitative estimate of drug-likeness (QED) is 0.0215. The molecule has 1 fully saturated rings. The first-order valence-corrected chi connectivity index (χ1v) is 21.0. The minimum atomic E-state index is -4.83. The molecule has 1 rings (SSSR count). The molecule has 0 aromatic heterocycles. The summed E-state index contributed by atoms with van der Waals surface area (Å²) in [5.41, 5.74) is 0. The van der Waals surface area contributed by atoms with E-state index in [1.54, 1.807) is 12.2 Å². The molecule has 298 valence electrons. The van der Waals surface area contributed by atoms with Crippen molar-refractivity contribution in [2.24, 2.45) is 11.8 Å². The van der Waals surface area contributed by atoms with Crippen LogP contribution in [0.25, 0.3) is 0 Å². The van der Waals surface area contributed by atoms with Crippen molar-refractivity contribution in [1.82, 2.24) is 0 Å². The van der Waals surface area contributed by atoms with E-state index in [1.807, 2.05) is 12.2 Å². The second kappa shape index (κ2) is 28.8. The van der Waals surface area contributed by atoms with E-state index >= 15 is 0 Å². The zero-order chi connectivity index (χ0) is 37.9. The summed E-state index contributed by atoms with van der Waals surface area (Å²) >= 11 is 0. The predicted molar refractivity (Wildman–Crippen MR) is 196 cm³/mol. The smallest absolute Gasteiger partial charge is 0.462 e. The molecule has 12 nitrogen and oxygen atoms in total. The van der Waals surface area contributed by atoms with Gasteiger partial charge in [-0.15, -0.1) is 0 Å². The number of ether oxygens (including phenoxy) is 3. The lowest BCUT2D eigenvalue weighted by atomic mass is 9.87. The molecule has 1 heterocycles. The van der Waals surface area contributed by atoms with E-state index in [0.29, 0.717) is 32.1 Å². The van der Waals surface area contributed by atoms with Gasteiger partial charge in [0.25, 0.3) is 0 Å². The Morgan fingerprint density at radius 3 is 2.18 bits per heavy atom. The maximum Gasteiger partial charge on any atom is 0.469 e. The molecule has 0 amide bonds. The summed E-state index contributed by atoms with van der Waals surface area (Å²) in [4.78, 5) is 42.9. The number of hydrogen-bond donors (Lipinski definition) is 5. The van der Waals surface area contributed by atoms with Crippen LogP contribution in [-0.4, -0.2) is 81.0 Å². The summed E-state index contributed by atoms with van der Waals surface area (Å²) in [7, 11) is -4.83. The second-order valence-electron chi connectivity index (χ2n) is 14.0. The van der Waals surface area contributed by atoms with Gasteiger partial charge in [-0.3, -0.25) is 14.1 Å². The number of unbranched alkanes of at least 4 members (excludes halogenated alkanes) is 10. The molecular weight excluding hydrogens is 679 g/mol. The van der Waals surface area contributed by atoms with Crippen LogP contribution in [0.2, 0.25) is 0 Å². The molecule has 0 aliphatic carbocycles. The Bertz CT molecular complexity index is 1010. The molecule has 1 aliphatic heterocycles. The van der Waals surface area contributed by atoms with Crippen LogP contribution >= 0.6 is 7.82 Å². The van der Waals surface area contributed by atoms with Crippen molar-refractivity contribution in [2.45, 2.75) is 180 Å². The van der Waals surface area contributed by atoms with E-state index < -0.39 is 57.1 Å². The van der Waals surface area contributed by atoms with Crippen molar-refractivity contribution < 1.29 is 58.0 Å². The summed E-state index contributed by atoms with van der Waals surface area (Å²) in [6.07, 6.45) is 19.6. The highest BCUT2D eigenvalue weighted by Gasteiger charge is 2.35. The standard InChI is InChI=1S/C38H69O12P/c1-4-6-15-21-31(39)25-26-35-33(34(40)27-38(43)50-35)22-17-13-14-19-24-37(42)49-32(29-48-51(44,45)46)28-47-36(41)23-18-12-10-8-7-9-11-16-20-30(3)5-2/h13,17,25-26,30-35,38-40,43H,4-12,14-16,18-24,27-29H2,1-3H3,(H2,44,45,46)/b17-13-,26-25+/t30?,31-,32+,33-,34-,35+,38?/m0/s1. The number of hydrogen-bond acceptors (Lipinski definition) is 10. The van der Waals surface area contributed by atoms with Gasteiger partial charge in [-0.1, -0.05) is 122 Å². The van der Waals surface area contributed by atoms with Crippen molar-refractivity contribution in [1.29, 1.82) is 0 Å². The third-order valence-electron chi connectivity index (χ3n) is 9.31. The zero-order valence-electron chi connectivity index (χ0n) is 31.4. The molecule has 0 radical (unpaired) electrons. The van der Waals surface area contributed by atoms with E-state index in [4.69, 9.17) is 24.0 Å². The van der Waals surface area contributed by atoms with Crippen LogP contribution in [0.1, 0.15) is 149 Å². The third kappa shape index (κ3) is 25.9. The SMILES string of the molecule is CCCCC[C@H](O)/C=C/[C@H]1OC(O)C[C@H](O)[C@@H]1C/C=C\CCCC(=O)O[C@H](COC(=O)CCCCCCCCCCC(C)CC)COP(=O)(O)O. The Balaban J connectivity index is 2.40. The van der Waals surface area contributed by atoms with Gasteiger partial charge in [-0.05, 0) is 38.0 Å². The fraction of sp³-hybridized carbons (Fsp3) is 0.842. The molecule has 1 aliphatic rings.